The molecule has 0 amide bonds. The van der Waals surface area contributed by atoms with E-state index in [0.29, 0.717) is 0 Å². The van der Waals surface area contributed by atoms with Crippen LogP contribution in [0.3, 0.4) is 0 Å². The fraction of sp³-hybridized carbons (Fsp3) is 0.333. The summed E-state index contributed by atoms with van der Waals surface area (Å²) in [4.78, 5) is 0. The topological polar surface area (TPSA) is 9.23 Å². The molecule has 1 nitrogen and oxygen atoms in total. The molecule has 1 unspecified atom stereocenters. The monoisotopic (exact) mass is 242 g/mol. The molecular formula is C9H7ClF4O. The standard InChI is InChI=1S/C9H7ClF4O/c1-5(10)6-3-2-4-7(8(6)11)15-9(12,13)14/h2-5H,1H3. The Bertz CT molecular complexity index is 348. The maximum Gasteiger partial charge on any atom is 0.573 e. The zero-order valence-corrected chi connectivity index (χ0v) is 8.36. The molecular weight excluding hydrogens is 236 g/mol. The van der Waals surface area contributed by atoms with E-state index in [0.717, 1.165) is 6.07 Å². The summed E-state index contributed by atoms with van der Waals surface area (Å²) in [6.07, 6.45) is -4.91. The third-order valence-electron chi connectivity index (χ3n) is 1.65. The molecule has 1 atom stereocenters. The molecule has 0 spiro atoms. The first-order valence-corrected chi connectivity index (χ1v) is 4.43. The minimum absolute atomic E-state index is 0.0292. The Hall–Kier alpha value is -0.970. The molecule has 0 aromatic heterocycles. The fourth-order valence-electron chi connectivity index (χ4n) is 1.04. The van der Waals surface area contributed by atoms with Gasteiger partial charge in [0.05, 0.1) is 5.38 Å². The molecule has 1 aromatic carbocycles. The average molecular weight is 243 g/mol. The van der Waals surface area contributed by atoms with Gasteiger partial charge in [-0.3, -0.25) is 0 Å². The zero-order chi connectivity index (χ0) is 11.6. The minimum atomic E-state index is -4.91. The van der Waals surface area contributed by atoms with E-state index in [2.05, 4.69) is 4.74 Å². The van der Waals surface area contributed by atoms with Gasteiger partial charge in [-0.25, -0.2) is 4.39 Å². The molecule has 1 aromatic rings. The minimum Gasteiger partial charge on any atom is -0.403 e. The predicted molar refractivity (Wildman–Crippen MR) is 47.4 cm³/mol. The third-order valence-corrected chi connectivity index (χ3v) is 1.88. The van der Waals surface area contributed by atoms with Crippen molar-refractivity contribution in [2.24, 2.45) is 0 Å². The first-order chi connectivity index (χ1) is 6.81. The van der Waals surface area contributed by atoms with Crippen LogP contribution in [0, 0.1) is 5.82 Å². The molecule has 0 bridgehead atoms. The van der Waals surface area contributed by atoms with Crippen molar-refractivity contribution in [1.29, 1.82) is 0 Å². The van der Waals surface area contributed by atoms with Gasteiger partial charge in [0.15, 0.2) is 11.6 Å². The van der Waals surface area contributed by atoms with E-state index in [4.69, 9.17) is 11.6 Å². The molecule has 15 heavy (non-hydrogen) atoms. The molecule has 0 N–H and O–H groups in total. The molecule has 0 fully saturated rings. The van der Waals surface area contributed by atoms with Gasteiger partial charge in [0.1, 0.15) is 0 Å². The first-order valence-electron chi connectivity index (χ1n) is 3.99. The van der Waals surface area contributed by atoms with Crippen LogP contribution in [-0.4, -0.2) is 6.36 Å². The average Bonchev–Trinajstić information content (AvgIpc) is 2.05. The van der Waals surface area contributed by atoms with E-state index in [1.807, 2.05) is 0 Å². The van der Waals surface area contributed by atoms with Crippen molar-refractivity contribution < 1.29 is 22.3 Å². The Balaban J connectivity index is 3.05. The second kappa shape index (κ2) is 4.26. The number of benzene rings is 1. The summed E-state index contributed by atoms with van der Waals surface area (Å²) in [6, 6.07) is 3.44. The smallest absolute Gasteiger partial charge is 0.403 e. The predicted octanol–water partition coefficient (Wildman–Crippen LogP) is 4.02. The van der Waals surface area contributed by atoms with Gasteiger partial charge in [-0.05, 0) is 13.0 Å². The van der Waals surface area contributed by atoms with Crippen molar-refractivity contribution in [3.63, 3.8) is 0 Å². The highest BCUT2D eigenvalue weighted by atomic mass is 35.5. The summed E-state index contributed by atoms with van der Waals surface area (Å²) >= 11 is 5.57. The number of rotatable bonds is 2. The van der Waals surface area contributed by atoms with Crippen LogP contribution < -0.4 is 4.74 Å². The van der Waals surface area contributed by atoms with Gasteiger partial charge in [0.25, 0.3) is 0 Å². The normalized spacial score (nSPS) is 13.7. The summed E-state index contributed by atoms with van der Waals surface area (Å²) in [6.45, 7) is 1.46. The van der Waals surface area contributed by atoms with E-state index in [-0.39, 0.29) is 5.56 Å². The highest BCUT2D eigenvalue weighted by Gasteiger charge is 2.32. The summed E-state index contributed by atoms with van der Waals surface area (Å²) in [5, 5.41) is -0.721. The van der Waals surface area contributed by atoms with Crippen molar-refractivity contribution in [3.8, 4) is 5.75 Å². The number of alkyl halides is 4. The molecule has 6 heteroatoms. The second-order valence-electron chi connectivity index (χ2n) is 2.82. The Morgan fingerprint density at radius 3 is 2.40 bits per heavy atom. The molecule has 0 heterocycles. The van der Waals surface area contributed by atoms with Gasteiger partial charge >= 0.3 is 6.36 Å². The Labute approximate surface area is 88.6 Å². The summed E-state index contributed by atoms with van der Waals surface area (Å²) in [7, 11) is 0. The zero-order valence-electron chi connectivity index (χ0n) is 7.61. The molecule has 0 aliphatic carbocycles. The summed E-state index contributed by atoms with van der Waals surface area (Å²) in [5.74, 6) is -1.95. The van der Waals surface area contributed by atoms with Gasteiger partial charge in [-0.15, -0.1) is 24.8 Å². The fourth-order valence-corrected chi connectivity index (χ4v) is 1.21. The molecule has 1 rings (SSSR count). The molecule has 0 saturated carbocycles. The second-order valence-corrected chi connectivity index (χ2v) is 3.48. The highest BCUT2D eigenvalue weighted by molar-refractivity contribution is 6.20. The van der Waals surface area contributed by atoms with Crippen molar-refractivity contribution >= 4 is 11.6 Å². The van der Waals surface area contributed by atoms with Gasteiger partial charge in [0.2, 0.25) is 0 Å². The van der Waals surface area contributed by atoms with E-state index < -0.39 is 23.3 Å². The van der Waals surface area contributed by atoms with Gasteiger partial charge in [-0.1, -0.05) is 12.1 Å². The van der Waals surface area contributed by atoms with Crippen LogP contribution in [0.2, 0.25) is 0 Å². The third kappa shape index (κ3) is 3.27. The lowest BCUT2D eigenvalue weighted by Crippen LogP contribution is -2.18. The van der Waals surface area contributed by atoms with Crippen LogP contribution in [0.15, 0.2) is 18.2 Å². The van der Waals surface area contributed by atoms with Crippen LogP contribution >= 0.6 is 11.6 Å². The van der Waals surface area contributed by atoms with E-state index in [9.17, 15) is 17.6 Å². The van der Waals surface area contributed by atoms with E-state index in [1.54, 1.807) is 0 Å². The lowest BCUT2D eigenvalue weighted by Gasteiger charge is -2.12. The largest absolute Gasteiger partial charge is 0.573 e. The van der Waals surface area contributed by atoms with E-state index in [1.165, 1.54) is 19.1 Å². The highest BCUT2D eigenvalue weighted by Crippen LogP contribution is 2.31. The quantitative estimate of drug-likeness (QED) is 0.562. The van der Waals surface area contributed by atoms with Crippen LogP contribution in [0.4, 0.5) is 17.6 Å². The van der Waals surface area contributed by atoms with Gasteiger partial charge < -0.3 is 4.74 Å². The Morgan fingerprint density at radius 2 is 1.93 bits per heavy atom. The van der Waals surface area contributed by atoms with Gasteiger partial charge in [-0.2, -0.15) is 0 Å². The number of ether oxygens (including phenoxy) is 1. The van der Waals surface area contributed by atoms with Crippen LogP contribution in [-0.2, 0) is 0 Å². The maximum atomic E-state index is 13.3. The SMILES string of the molecule is CC(Cl)c1cccc(OC(F)(F)F)c1F. The van der Waals surface area contributed by atoms with Crippen molar-refractivity contribution in [2.45, 2.75) is 18.7 Å². The number of hydrogen-bond donors (Lipinski definition) is 0. The maximum absolute atomic E-state index is 13.3. The summed E-state index contributed by atoms with van der Waals surface area (Å²) in [5.41, 5.74) is -0.0292. The van der Waals surface area contributed by atoms with E-state index >= 15 is 0 Å². The lowest BCUT2D eigenvalue weighted by atomic mass is 10.1. The van der Waals surface area contributed by atoms with Crippen molar-refractivity contribution in [3.05, 3.63) is 29.6 Å². The molecule has 0 aliphatic heterocycles. The molecule has 0 radical (unpaired) electrons. The molecule has 84 valence electrons. The summed E-state index contributed by atoms with van der Waals surface area (Å²) < 4.78 is 52.3. The van der Waals surface area contributed by atoms with Crippen LogP contribution in [0.5, 0.6) is 5.75 Å². The van der Waals surface area contributed by atoms with Gasteiger partial charge in [0, 0.05) is 5.56 Å². The van der Waals surface area contributed by atoms with Crippen LogP contribution in [0.25, 0.3) is 0 Å². The van der Waals surface area contributed by atoms with Crippen LogP contribution in [0.1, 0.15) is 17.9 Å². The van der Waals surface area contributed by atoms with Crippen molar-refractivity contribution in [2.75, 3.05) is 0 Å². The molecule has 0 saturated heterocycles. The first kappa shape index (κ1) is 12.1. The lowest BCUT2D eigenvalue weighted by molar-refractivity contribution is -0.275. The Morgan fingerprint density at radius 1 is 1.33 bits per heavy atom. The number of halogens is 5. The number of hydrogen-bond acceptors (Lipinski definition) is 1. The molecule has 0 aliphatic rings. The Kier molecular flexibility index (Phi) is 3.44. The van der Waals surface area contributed by atoms with Crippen molar-refractivity contribution in [1.82, 2.24) is 0 Å².